The predicted molar refractivity (Wildman–Crippen MR) is 106 cm³/mol. The minimum Gasteiger partial charge on any atom is -0.348 e. The van der Waals surface area contributed by atoms with Gasteiger partial charge in [0, 0.05) is 19.6 Å². The number of carbonyl (C=O) groups is 3. The van der Waals surface area contributed by atoms with E-state index in [2.05, 4.69) is 29.4 Å². The molecular formula is C21H30N4O3. The van der Waals surface area contributed by atoms with Gasteiger partial charge in [-0.2, -0.15) is 0 Å². The average molecular weight is 386 g/mol. The van der Waals surface area contributed by atoms with Crippen LogP contribution in [0.5, 0.6) is 0 Å². The van der Waals surface area contributed by atoms with Gasteiger partial charge in [-0.1, -0.05) is 44.2 Å². The number of carbonyl (C=O) groups excluding carboxylic acids is 3. The van der Waals surface area contributed by atoms with E-state index in [4.69, 9.17) is 0 Å². The summed E-state index contributed by atoms with van der Waals surface area (Å²) in [5, 5.41) is 5.73. The summed E-state index contributed by atoms with van der Waals surface area (Å²) in [5.41, 5.74) is 0.123. The summed E-state index contributed by atoms with van der Waals surface area (Å²) in [6.45, 7) is 8.50. The van der Waals surface area contributed by atoms with E-state index in [0.717, 1.165) is 30.1 Å². The molecule has 1 aromatic rings. The minimum atomic E-state index is -0.851. The molecule has 0 aliphatic carbocycles. The summed E-state index contributed by atoms with van der Waals surface area (Å²) in [7, 11) is 0. The van der Waals surface area contributed by atoms with Crippen LogP contribution >= 0.6 is 0 Å². The van der Waals surface area contributed by atoms with Crippen molar-refractivity contribution in [3.8, 4) is 0 Å². The first-order valence-corrected chi connectivity index (χ1v) is 10.0. The maximum Gasteiger partial charge on any atom is 0.325 e. The molecule has 0 radical (unpaired) electrons. The Labute approximate surface area is 166 Å². The standard InChI is InChI=1S/C21H30N4O3/c1-15(2)13-24-11-9-21(10-12-24)19(27)25(20(28)23-21)14-18(26)22-16(3)17-7-5-4-6-8-17/h4-8,15-16H,9-14H2,1-3H3,(H,22,26)(H,23,28). The van der Waals surface area contributed by atoms with Gasteiger partial charge in [-0.15, -0.1) is 0 Å². The first kappa shape index (κ1) is 20.3. The van der Waals surface area contributed by atoms with Gasteiger partial charge in [0.15, 0.2) is 0 Å². The lowest BCUT2D eigenvalue weighted by Crippen LogP contribution is -2.55. The second-order valence-electron chi connectivity index (χ2n) is 8.30. The molecule has 7 nitrogen and oxygen atoms in total. The Kier molecular flexibility index (Phi) is 6.03. The Bertz CT molecular complexity index is 726. The number of rotatable bonds is 6. The van der Waals surface area contributed by atoms with Crippen molar-refractivity contribution >= 4 is 17.8 Å². The number of likely N-dealkylation sites (tertiary alicyclic amines) is 1. The first-order valence-electron chi connectivity index (χ1n) is 10.0. The van der Waals surface area contributed by atoms with Crippen LogP contribution in [0.3, 0.4) is 0 Å². The molecule has 2 heterocycles. The van der Waals surface area contributed by atoms with E-state index in [1.807, 2.05) is 37.3 Å². The highest BCUT2D eigenvalue weighted by atomic mass is 16.2. The number of benzene rings is 1. The average Bonchev–Trinajstić information content (AvgIpc) is 2.88. The molecule has 28 heavy (non-hydrogen) atoms. The van der Waals surface area contributed by atoms with Gasteiger partial charge < -0.3 is 15.5 Å². The predicted octanol–water partition coefficient (Wildman–Crippen LogP) is 1.91. The van der Waals surface area contributed by atoms with Gasteiger partial charge in [-0.25, -0.2) is 4.79 Å². The van der Waals surface area contributed by atoms with E-state index in [0.29, 0.717) is 18.8 Å². The summed E-state index contributed by atoms with van der Waals surface area (Å²) in [5.74, 6) is -0.0481. The van der Waals surface area contributed by atoms with Crippen LogP contribution in [-0.4, -0.2) is 59.4 Å². The van der Waals surface area contributed by atoms with Crippen molar-refractivity contribution in [1.29, 1.82) is 0 Å². The highest BCUT2D eigenvalue weighted by molar-refractivity contribution is 6.09. The minimum absolute atomic E-state index is 0.192. The lowest BCUT2D eigenvalue weighted by Gasteiger charge is -2.37. The third kappa shape index (κ3) is 4.35. The number of imide groups is 1. The first-order chi connectivity index (χ1) is 13.3. The van der Waals surface area contributed by atoms with Gasteiger partial charge in [0.1, 0.15) is 12.1 Å². The molecule has 1 atom stereocenters. The van der Waals surface area contributed by atoms with Gasteiger partial charge >= 0.3 is 6.03 Å². The normalized spacial score (nSPS) is 20.5. The molecule has 3 rings (SSSR count). The van der Waals surface area contributed by atoms with Crippen molar-refractivity contribution in [3.63, 3.8) is 0 Å². The van der Waals surface area contributed by atoms with Crippen molar-refractivity contribution in [2.75, 3.05) is 26.2 Å². The zero-order valence-corrected chi connectivity index (χ0v) is 16.9. The van der Waals surface area contributed by atoms with Crippen LogP contribution in [0.15, 0.2) is 30.3 Å². The molecule has 2 aliphatic heterocycles. The molecule has 1 spiro atoms. The molecule has 0 saturated carbocycles. The molecule has 7 heteroatoms. The maximum absolute atomic E-state index is 13.0. The second-order valence-corrected chi connectivity index (χ2v) is 8.30. The number of urea groups is 1. The summed E-state index contributed by atoms with van der Waals surface area (Å²) in [6.07, 6.45) is 1.17. The fraction of sp³-hybridized carbons (Fsp3) is 0.571. The molecule has 2 aliphatic rings. The van der Waals surface area contributed by atoms with Gasteiger partial charge in [-0.3, -0.25) is 14.5 Å². The van der Waals surface area contributed by atoms with Crippen LogP contribution in [0.25, 0.3) is 0 Å². The highest BCUT2D eigenvalue weighted by Gasteiger charge is 2.52. The van der Waals surface area contributed by atoms with E-state index in [1.54, 1.807) is 0 Å². The van der Waals surface area contributed by atoms with Crippen LogP contribution in [0.2, 0.25) is 0 Å². The Morgan fingerprint density at radius 1 is 1.14 bits per heavy atom. The monoisotopic (exact) mass is 386 g/mol. The van der Waals surface area contributed by atoms with Crippen LogP contribution in [0, 0.1) is 5.92 Å². The summed E-state index contributed by atoms with van der Waals surface area (Å²) < 4.78 is 0. The van der Waals surface area contributed by atoms with Gasteiger partial charge in [0.05, 0.1) is 6.04 Å². The quantitative estimate of drug-likeness (QED) is 0.732. The fourth-order valence-electron chi connectivity index (χ4n) is 4.05. The topological polar surface area (TPSA) is 81.8 Å². The lowest BCUT2D eigenvalue weighted by atomic mass is 9.87. The summed E-state index contributed by atoms with van der Waals surface area (Å²) >= 11 is 0. The molecule has 2 N–H and O–H groups in total. The van der Waals surface area contributed by atoms with Crippen molar-refractivity contribution < 1.29 is 14.4 Å². The third-order valence-electron chi connectivity index (χ3n) is 5.56. The smallest absolute Gasteiger partial charge is 0.325 e. The Morgan fingerprint density at radius 3 is 2.39 bits per heavy atom. The van der Waals surface area contributed by atoms with Crippen molar-refractivity contribution in [2.45, 2.75) is 45.2 Å². The third-order valence-corrected chi connectivity index (χ3v) is 5.56. The molecule has 0 aromatic heterocycles. The second kappa shape index (κ2) is 8.31. The molecule has 4 amide bonds. The van der Waals surface area contributed by atoms with Crippen LogP contribution in [0.1, 0.15) is 45.2 Å². The molecule has 2 saturated heterocycles. The van der Waals surface area contributed by atoms with E-state index in [1.165, 1.54) is 0 Å². The van der Waals surface area contributed by atoms with E-state index >= 15 is 0 Å². The molecule has 0 bridgehead atoms. The molecular weight excluding hydrogens is 356 g/mol. The van der Waals surface area contributed by atoms with Crippen molar-refractivity contribution in [3.05, 3.63) is 35.9 Å². The van der Waals surface area contributed by atoms with Gasteiger partial charge in [0.25, 0.3) is 5.91 Å². The van der Waals surface area contributed by atoms with Crippen LogP contribution < -0.4 is 10.6 Å². The SMILES string of the molecule is CC(C)CN1CCC2(CC1)NC(=O)N(CC(=O)NC(C)c1ccccc1)C2=O. The Morgan fingerprint density at radius 2 is 1.79 bits per heavy atom. The summed E-state index contributed by atoms with van der Waals surface area (Å²) in [6, 6.07) is 8.93. The zero-order chi connectivity index (χ0) is 20.3. The van der Waals surface area contributed by atoms with Crippen LogP contribution in [0.4, 0.5) is 4.79 Å². The van der Waals surface area contributed by atoms with Crippen molar-refractivity contribution in [2.24, 2.45) is 5.92 Å². The number of hydrogen-bond acceptors (Lipinski definition) is 4. The number of amides is 4. The lowest BCUT2D eigenvalue weighted by molar-refractivity contribution is -0.136. The maximum atomic E-state index is 13.0. The molecule has 1 aromatic carbocycles. The van der Waals surface area contributed by atoms with Crippen LogP contribution in [-0.2, 0) is 9.59 Å². The van der Waals surface area contributed by atoms with E-state index in [9.17, 15) is 14.4 Å². The molecule has 2 fully saturated rings. The van der Waals surface area contributed by atoms with E-state index in [-0.39, 0.29) is 24.4 Å². The number of piperidine rings is 1. The van der Waals surface area contributed by atoms with Gasteiger partial charge in [-0.05, 0) is 31.2 Å². The van der Waals surface area contributed by atoms with E-state index < -0.39 is 11.6 Å². The number of nitrogens with one attached hydrogen (secondary N) is 2. The summed E-state index contributed by atoms with van der Waals surface area (Å²) in [4.78, 5) is 41.2. The zero-order valence-electron chi connectivity index (χ0n) is 16.9. The number of nitrogens with zero attached hydrogens (tertiary/aromatic N) is 2. The van der Waals surface area contributed by atoms with Gasteiger partial charge in [0.2, 0.25) is 5.91 Å². The largest absolute Gasteiger partial charge is 0.348 e. The number of hydrogen-bond donors (Lipinski definition) is 2. The van der Waals surface area contributed by atoms with Crippen molar-refractivity contribution in [1.82, 2.24) is 20.4 Å². The Balaban J connectivity index is 1.57. The molecule has 1 unspecified atom stereocenters. The highest BCUT2D eigenvalue weighted by Crippen LogP contribution is 2.29. The molecule has 152 valence electrons. The Hall–Kier alpha value is -2.41. The fourth-order valence-corrected chi connectivity index (χ4v) is 4.05.